The lowest BCUT2D eigenvalue weighted by Crippen LogP contribution is -1.97. The van der Waals surface area contributed by atoms with E-state index in [4.69, 9.17) is 5.11 Å². The van der Waals surface area contributed by atoms with Crippen molar-refractivity contribution < 1.29 is 5.11 Å². The first kappa shape index (κ1) is 7.69. The second kappa shape index (κ2) is 4.84. The van der Waals surface area contributed by atoms with E-state index in [0.29, 0.717) is 12.5 Å². The van der Waals surface area contributed by atoms with Crippen molar-refractivity contribution in [3.63, 3.8) is 0 Å². The molecule has 0 aromatic carbocycles. The van der Waals surface area contributed by atoms with Gasteiger partial charge in [-0.15, -0.1) is 0 Å². The average molecular weight is 214 g/mol. The van der Waals surface area contributed by atoms with Crippen molar-refractivity contribution in [2.75, 3.05) is 11.0 Å². The lowest BCUT2D eigenvalue weighted by Gasteiger charge is -2.00. The van der Waals surface area contributed by atoms with E-state index in [2.05, 4.69) is 29.5 Å². The van der Waals surface area contributed by atoms with E-state index in [1.807, 2.05) is 0 Å². The van der Waals surface area contributed by atoms with Crippen molar-refractivity contribution in [1.82, 2.24) is 0 Å². The van der Waals surface area contributed by atoms with Gasteiger partial charge in [-0.1, -0.05) is 29.5 Å². The molecule has 0 aliphatic carbocycles. The second-order valence-corrected chi connectivity index (χ2v) is 2.65. The lowest BCUT2D eigenvalue weighted by molar-refractivity contribution is 0.269. The van der Waals surface area contributed by atoms with E-state index in [1.165, 1.54) is 0 Å². The second-order valence-electron chi connectivity index (χ2n) is 1.77. The van der Waals surface area contributed by atoms with Gasteiger partial charge in [0.05, 0.1) is 0 Å². The first-order valence-corrected chi connectivity index (χ1v) is 4.00. The Morgan fingerprint density at radius 2 is 2.29 bits per heavy atom. The van der Waals surface area contributed by atoms with Gasteiger partial charge in [-0.2, -0.15) is 0 Å². The molecule has 1 atom stereocenters. The van der Waals surface area contributed by atoms with Crippen LogP contribution in [0, 0.1) is 5.92 Å². The van der Waals surface area contributed by atoms with E-state index in [1.54, 1.807) is 0 Å². The summed E-state index contributed by atoms with van der Waals surface area (Å²) in [5, 5.41) is 8.36. The molecule has 0 aromatic heterocycles. The fraction of sp³-hybridized carbons (Fsp3) is 1.00. The summed E-state index contributed by atoms with van der Waals surface area (Å²) >= 11 is 2.33. The highest BCUT2D eigenvalue weighted by molar-refractivity contribution is 14.1. The molecule has 0 heterocycles. The number of aliphatic hydroxyl groups excluding tert-OH is 1. The minimum atomic E-state index is 0.337. The molecule has 0 aromatic rings. The molecule has 0 fully saturated rings. The van der Waals surface area contributed by atoms with Crippen LogP contribution >= 0.6 is 22.6 Å². The summed E-state index contributed by atoms with van der Waals surface area (Å²) in [6.45, 7) is 2.48. The van der Waals surface area contributed by atoms with Crippen LogP contribution in [0.25, 0.3) is 0 Å². The Balaban J connectivity index is 2.83. The normalized spacial score (nSPS) is 14.1. The van der Waals surface area contributed by atoms with Gasteiger partial charge in [0.25, 0.3) is 0 Å². The fourth-order valence-corrected chi connectivity index (χ4v) is 0.738. The highest BCUT2D eigenvalue weighted by Crippen LogP contribution is 2.03. The van der Waals surface area contributed by atoms with E-state index >= 15 is 0 Å². The molecular weight excluding hydrogens is 203 g/mol. The molecule has 44 valence electrons. The van der Waals surface area contributed by atoms with Crippen molar-refractivity contribution in [3.05, 3.63) is 0 Å². The van der Waals surface area contributed by atoms with Gasteiger partial charge in [0, 0.05) is 11.0 Å². The van der Waals surface area contributed by atoms with Crippen molar-refractivity contribution in [3.8, 4) is 0 Å². The van der Waals surface area contributed by atoms with Crippen molar-refractivity contribution in [1.29, 1.82) is 0 Å². The molecule has 0 aliphatic rings. The van der Waals surface area contributed by atoms with Crippen LogP contribution in [0.3, 0.4) is 0 Å². The zero-order valence-electron chi connectivity index (χ0n) is 4.52. The maximum absolute atomic E-state index is 8.36. The average Bonchev–Trinajstić information content (AvgIpc) is 1.68. The number of halogens is 1. The van der Waals surface area contributed by atoms with Crippen LogP contribution in [0.15, 0.2) is 0 Å². The number of aliphatic hydroxyl groups is 1. The van der Waals surface area contributed by atoms with E-state index in [9.17, 15) is 0 Å². The third kappa shape index (κ3) is 4.55. The SMILES string of the molecule is CC(CI)CCO. The molecule has 0 rings (SSSR count). The quantitative estimate of drug-likeness (QED) is 0.556. The van der Waals surface area contributed by atoms with Crippen LogP contribution in [0.5, 0.6) is 0 Å². The van der Waals surface area contributed by atoms with Gasteiger partial charge in [0.15, 0.2) is 0 Å². The molecule has 7 heavy (non-hydrogen) atoms. The summed E-state index contributed by atoms with van der Waals surface area (Å²) in [6, 6.07) is 0. The van der Waals surface area contributed by atoms with E-state index < -0.39 is 0 Å². The summed E-state index contributed by atoms with van der Waals surface area (Å²) in [6.07, 6.45) is 0.947. The molecule has 1 N–H and O–H groups in total. The van der Waals surface area contributed by atoms with Crippen molar-refractivity contribution >= 4 is 22.6 Å². The Bertz CT molecular complexity index is 39.1. The van der Waals surface area contributed by atoms with Crippen LogP contribution in [-0.4, -0.2) is 16.1 Å². The standard InChI is InChI=1S/C5H11IO/c1-5(4-6)2-3-7/h5,7H,2-4H2,1H3. The molecule has 1 unspecified atom stereocenters. The molecule has 0 amide bonds. The lowest BCUT2D eigenvalue weighted by atomic mass is 10.1. The van der Waals surface area contributed by atoms with Crippen LogP contribution in [0.1, 0.15) is 13.3 Å². The van der Waals surface area contributed by atoms with Gasteiger partial charge in [-0.25, -0.2) is 0 Å². The summed E-state index contributed by atoms with van der Waals surface area (Å²) in [4.78, 5) is 0. The maximum atomic E-state index is 8.36. The first-order valence-electron chi connectivity index (χ1n) is 2.48. The van der Waals surface area contributed by atoms with Gasteiger partial charge in [0.1, 0.15) is 0 Å². The van der Waals surface area contributed by atoms with Gasteiger partial charge in [-0.3, -0.25) is 0 Å². The predicted octanol–water partition coefficient (Wildman–Crippen LogP) is 1.44. The molecule has 0 saturated heterocycles. The fourth-order valence-electron chi connectivity index (χ4n) is 0.298. The largest absolute Gasteiger partial charge is 0.396 e. The topological polar surface area (TPSA) is 20.2 Å². The van der Waals surface area contributed by atoms with Gasteiger partial charge >= 0.3 is 0 Å². The molecule has 0 aliphatic heterocycles. The molecule has 0 radical (unpaired) electrons. The summed E-state index contributed by atoms with van der Waals surface area (Å²) in [5.41, 5.74) is 0. The Hall–Kier alpha value is 0.690. The van der Waals surface area contributed by atoms with Gasteiger partial charge < -0.3 is 5.11 Å². The Morgan fingerprint density at radius 1 is 1.71 bits per heavy atom. The summed E-state index contributed by atoms with van der Waals surface area (Å²) < 4.78 is 1.15. The van der Waals surface area contributed by atoms with Crippen LogP contribution in [-0.2, 0) is 0 Å². The van der Waals surface area contributed by atoms with Gasteiger partial charge in [-0.05, 0) is 12.3 Å². The number of hydrogen-bond acceptors (Lipinski definition) is 1. The van der Waals surface area contributed by atoms with Crippen molar-refractivity contribution in [2.24, 2.45) is 5.92 Å². The third-order valence-corrected chi connectivity index (χ3v) is 2.39. The molecule has 0 bridgehead atoms. The zero-order valence-corrected chi connectivity index (χ0v) is 6.68. The van der Waals surface area contributed by atoms with Crippen molar-refractivity contribution in [2.45, 2.75) is 13.3 Å². The van der Waals surface area contributed by atoms with Crippen LogP contribution in [0.2, 0.25) is 0 Å². The molecular formula is C5H11IO. The van der Waals surface area contributed by atoms with Crippen LogP contribution in [0.4, 0.5) is 0 Å². The highest BCUT2D eigenvalue weighted by atomic mass is 127. The highest BCUT2D eigenvalue weighted by Gasteiger charge is 1.94. The van der Waals surface area contributed by atoms with E-state index in [0.717, 1.165) is 10.8 Å². The van der Waals surface area contributed by atoms with Crippen LogP contribution < -0.4 is 0 Å². The molecule has 2 heteroatoms. The zero-order chi connectivity index (χ0) is 5.70. The maximum Gasteiger partial charge on any atom is 0.0433 e. The minimum absolute atomic E-state index is 0.337. The Kier molecular flexibility index (Phi) is 5.32. The monoisotopic (exact) mass is 214 g/mol. The number of rotatable bonds is 3. The number of alkyl halides is 1. The molecule has 0 saturated carbocycles. The Labute approximate surface area is 58.3 Å². The summed E-state index contributed by atoms with van der Waals surface area (Å²) in [7, 11) is 0. The van der Waals surface area contributed by atoms with Gasteiger partial charge in [0.2, 0.25) is 0 Å². The summed E-state index contributed by atoms with van der Waals surface area (Å²) in [5.74, 6) is 0.686. The first-order chi connectivity index (χ1) is 3.31. The Morgan fingerprint density at radius 3 is 2.43 bits per heavy atom. The number of hydrogen-bond donors (Lipinski definition) is 1. The third-order valence-electron chi connectivity index (χ3n) is 0.885. The minimum Gasteiger partial charge on any atom is -0.396 e. The predicted molar refractivity (Wildman–Crippen MR) is 39.8 cm³/mol. The van der Waals surface area contributed by atoms with E-state index in [-0.39, 0.29) is 0 Å². The smallest absolute Gasteiger partial charge is 0.0433 e. The molecule has 0 spiro atoms. The molecule has 1 nitrogen and oxygen atoms in total.